The van der Waals surface area contributed by atoms with Gasteiger partial charge in [0.1, 0.15) is 17.3 Å². The minimum atomic E-state index is -4.02. The normalized spacial score (nSPS) is 14.5. The first-order chi connectivity index (χ1) is 10.5. The van der Waals surface area contributed by atoms with E-state index in [1.807, 2.05) is 4.72 Å². The molecule has 3 nitrogen and oxygen atoms in total. The fourth-order valence-corrected chi connectivity index (χ4v) is 3.79. The van der Waals surface area contributed by atoms with Crippen LogP contribution in [0.15, 0.2) is 41.3 Å². The quantitative estimate of drug-likeness (QED) is 0.937. The van der Waals surface area contributed by atoms with E-state index in [0.717, 1.165) is 48.9 Å². The molecule has 2 aromatic carbocycles. The van der Waals surface area contributed by atoms with Gasteiger partial charge in [-0.15, -0.1) is 0 Å². The molecule has 116 valence electrons. The molecule has 0 radical (unpaired) electrons. The topological polar surface area (TPSA) is 46.2 Å². The van der Waals surface area contributed by atoms with Crippen LogP contribution in [0.25, 0.3) is 0 Å². The highest BCUT2D eigenvalue weighted by Crippen LogP contribution is 2.26. The lowest BCUT2D eigenvalue weighted by Crippen LogP contribution is -2.16. The lowest BCUT2D eigenvalue weighted by Gasteiger charge is -2.17. The summed E-state index contributed by atoms with van der Waals surface area (Å²) in [5.41, 5.74) is 1.48. The van der Waals surface area contributed by atoms with Gasteiger partial charge in [-0.3, -0.25) is 4.72 Å². The van der Waals surface area contributed by atoms with Gasteiger partial charge in [-0.1, -0.05) is 12.1 Å². The molecular weight excluding hydrogens is 308 g/mol. The molecule has 0 fully saturated rings. The van der Waals surface area contributed by atoms with Crippen LogP contribution in [0.5, 0.6) is 0 Å². The van der Waals surface area contributed by atoms with Gasteiger partial charge in [0.05, 0.1) is 4.90 Å². The van der Waals surface area contributed by atoms with Crippen LogP contribution < -0.4 is 4.72 Å². The van der Waals surface area contributed by atoms with E-state index >= 15 is 0 Å². The van der Waals surface area contributed by atoms with E-state index in [4.69, 9.17) is 0 Å². The minimum Gasteiger partial charge on any atom is -0.274 e. The van der Waals surface area contributed by atoms with E-state index in [9.17, 15) is 17.2 Å². The zero-order valence-corrected chi connectivity index (χ0v) is 12.6. The smallest absolute Gasteiger partial charge is 0.262 e. The van der Waals surface area contributed by atoms with Crippen molar-refractivity contribution >= 4 is 15.7 Å². The molecule has 0 spiro atoms. The average Bonchev–Trinajstić information content (AvgIpc) is 2.50. The molecule has 0 saturated carbocycles. The lowest BCUT2D eigenvalue weighted by molar-refractivity contribution is 0.582. The molecule has 0 aromatic heterocycles. The first kappa shape index (κ1) is 15.0. The predicted octanol–water partition coefficient (Wildman–Crippen LogP) is 3.64. The van der Waals surface area contributed by atoms with E-state index < -0.39 is 27.3 Å². The summed E-state index contributed by atoms with van der Waals surface area (Å²) >= 11 is 0. The van der Waals surface area contributed by atoms with Gasteiger partial charge in [0.15, 0.2) is 0 Å². The van der Waals surface area contributed by atoms with Gasteiger partial charge in [0.25, 0.3) is 10.0 Å². The third-order valence-corrected chi connectivity index (χ3v) is 5.18. The Morgan fingerprint density at radius 3 is 2.23 bits per heavy atom. The number of hydrogen-bond donors (Lipinski definition) is 1. The Kier molecular flexibility index (Phi) is 3.87. The third kappa shape index (κ3) is 2.83. The van der Waals surface area contributed by atoms with Crippen LogP contribution in [0.4, 0.5) is 14.5 Å². The molecule has 6 heteroatoms. The number of aryl methyl sites for hydroxylation is 2. The minimum absolute atomic E-state index is 0.0239. The Balaban J connectivity index is 1.96. The van der Waals surface area contributed by atoms with Gasteiger partial charge in [0.2, 0.25) is 0 Å². The molecule has 0 heterocycles. The van der Waals surface area contributed by atoms with E-state index in [2.05, 4.69) is 0 Å². The number of nitrogens with one attached hydrogen (secondary N) is 1. The number of benzene rings is 2. The number of para-hydroxylation sites is 1. The van der Waals surface area contributed by atoms with Crippen LogP contribution in [0.2, 0.25) is 0 Å². The number of fused-ring (bicyclic) bond motifs is 1. The largest absolute Gasteiger partial charge is 0.274 e. The van der Waals surface area contributed by atoms with Gasteiger partial charge < -0.3 is 0 Å². The van der Waals surface area contributed by atoms with Crippen molar-refractivity contribution < 1.29 is 17.2 Å². The first-order valence-corrected chi connectivity index (χ1v) is 8.54. The summed E-state index contributed by atoms with van der Waals surface area (Å²) in [4.78, 5) is 0.0239. The predicted molar refractivity (Wildman–Crippen MR) is 80.3 cm³/mol. The van der Waals surface area contributed by atoms with Gasteiger partial charge in [0, 0.05) is 0 Å². The molecule has 0 atom stereocenters. The fourth-order valence-electron chi connectivity index (χ4n) is 2.67. The molecule has 2 aromatic rings. The average molecular weight is 323 g/mol. The van der Waals surface area contributed by atoms with Gasteiger partial charge >= 0.3 is 0 Å². The molecule has 1 aliphatic carbocycles. The number of hydrogen-bond acceptors (Lipinski definition) is 2. The van der Waals surface area contributed by atoms with Gasteiger partial charge in [-0.2, -0.15) is 0 Å². The van der Waals surface area contributed by atoms with Crippen LogP contribution in [0.1, 0.15) is 24.0 Å². The van der Waals surface area contributed by atoms with E-state index in [-0.39, 0.29) is 4.90 Å². The Morgan fingerprint density at radius 1 is 0.909 bits per heavy atom. The summed E-state index contributed by atoms with van der Waals surface area (Å²) in [6.45, 7) is 0. The summed E-state index contributed by atoms with van der Waals surface area (Å²) < 4.78 is 53.9. The number of halogens is 2. The van der Waals surface area contributed by atoms with Gasteiger partial charge in [-0.05, 0) is 61.1 Å². The monoisotopic (exact) mass is 323 g/mol. The SMILES string of the molecule is O=S(=O)(Nc1c(F)cccc1F)c1ccc2c(c1)CCCC2. The summed E-state index contributed by atoms with van der Waals surface area (Å²) in [7, 11) is -4.02. The maximum atomic E-state index is 13.6. The Hall–Kier alpha value is -1.95. The highest BCUT2D eigenvalue weighted by Gasteiger charge is 2.21. The molecule has 0 saturated heterocycles. The Labute approximate surface area is 128 Å². The summed E-state index contributed by atoms with van der Waals surface area (Å²) in [5.74, 6) is -1.89. The zero-order chi connectivity index (χ0) is 15.7. The van der Waals surface area contributed by atoms with Crippen molar-refractivity contribution in [2.45, 2.75) is 30.6 Å². The molecule has 0 amide bonds. The van der Waals surface area contributed by atoms with Crippen LogP contribution in [-0.4, -0.2) is 8.42 Å². The van der Waals surface area contributed by atoms with Crippen LogP contribution in [-0.2, 0) is 22.9 Å². The van der Waals surface area contributed by atoms with E-state index in [0.29, 0.717) is 0 Å². The second-order valence-electron chi connectivity index (χ2n) is 5.34. The van der Waals surface area contributed by atoms with Crippen molar-refractivity contribution in [3.8, 4) is 0 Å². The van der Waals surface area contributed by atoms with Crippen molar-refractivity contribution in [2.75, 3.05) is 4.72 Å². The highest BCUT2D eigenvalue weighted by molar-refractivity contribution is 7.92. The van der Waals surface area contributed by atoms with Gasteiger partial charge in [-0.25, -0.2) is 17.2 Å². The second-order valence-corrected chi connectivity index (χ2v) is 7.02. The number of sulfonamides is 1. The third-order valence-electron chi connectivity index (χ3n) is 3.83. The Bertz CT molecular complexity index is 799. The summed E-state index contributed by atoms with van der Waals surface area (Å²) in [5, 5.41) is 0. The van der Waals surface area contributed by atoms with Crippen molar-refractivity contribution in [2.24, 2.45) is 0 Å². The zero-order valence-electron chi connectivity index (χ0n) is 11.8. The summed E-state index contributed by atoms with van der Waals surface area (Å²) in [6.07, 6.45) is 3.88. The number of anilines is 1. The number of rotatable bonds is 3. The molecule has 0 unspecified atom stereocenters. The second kappa shape index (κ2) is 5.68. The van der Waals surface area contributed by atoms with Crippen LogP contribution >= 0.6 is 0 Å². The van der Waals surface area contributed by atoms with Crippen LogP contribution in [0, 0.1) is 11.6 Å². The van der Waals surface area contributed by atoms with Crippen molar-refractivity contribution in [1.29, 1.82) is 0 Å². The summed E-state index contributed by atoms with van der Waals surface area (Å²) in [6, 6.07) is 8.05. The maximum absolute atomic E-state index is 13.6. The van der Waals surface area contributed by atoms with E-state index in [1.54, 1.807) is 12.1 Å². The molecular formula is C16H15F2NO2S. The van der Waals surface area contributed by atoms with Crippen molar-refractivity contribution in [3.63, 3.8) is 0 Å². The fraction of sp³-hybridized carbons (Fsp3) is 0.250. The molecule has 22 heavy (non-hydrogen) atoms. The molecule has 1 N–H and O–H groups in total. The molecule has 3 rings (SSSR count). The molecule has 1 aliphatic rings. The highest BCUT2D eigenvalue weighted by atomic mass is 32.2. The first-order valence-electron chi connectivity index (χ1n) is 7.06. The standard InChI is InChI=1S/C16H15F2NO2S/c17-14-6-3-7-15(18)16(14)19-22(20,21)13-9-8-11-4-1-2-5-12(11)10-13/h3,6-10,19H,1-2,4-5H2. The van der Waals surface area contributed by atoms with Crippen molar-refractivity contribution in [3.05, 3.63) is 59.2 Å². The Morgan fingerprint density at radius 2 is 1.55 bits per heavy atom. The van der Waals surface area contributed by atoms with Crippen molar-refractivity contribution in [1.82, 2.24) is 0 Å². The van der Waals surface area contributed by atoms with E-state index in [1.165, 1.54) is 12.1 Å². The molecule has 0 aliphatic heterocycles. The maximum Gasteiger partial charge on any atom is 0.262 e. The molecule has 0 bridgehead atoms. The lowest BCUT2D eigenvalue weighted by atomic mass is 9.92. The van der Waals surface area contributed by atoms with Crippen LogP contribution in [0.3, 0.4) is 0 Å².